The van der Waals surface area contributed by atoms with Crippen LogP contribution in [0, 0.1) is 6.92 Å². The summed E-state index contributed by atoms with van der Waals surface area (Å²) in [6, 6.07) is 15.5. The summed E-state index contributed by atoms with van der Waals surface area (Å²) < 4.78 is 56.2. The Labute approximate surface area is 239 Å². The summed E-state index contributed by atoms with van der Waals surface area (Å²) in [6.07, 6.45) is 0.0550. The van der Waals surface area contributed by atoms with Gasteiger partial charge in [0.25, 0.3) is 10.0 Å². The summed E-state index contributed by atoms with van der Waals surface area (Å²) in [6.45, 7) is 6.11. The van der Waals surface area contributed by atoms with Crippen LogP contribution in [0.15, 0.2) is 76.7 Å². The van der Waals surface area contributed by atoms with Crippen molar-refractivity contribution in [2.45, 2.75) is 49.6 Å². The van der Waals surface area contributed by atoms with Crippen molar-refractivity contribution >= 4 is 37.2 Å². The number of hydrogen-bond acceptors (Lipinski definition) is 8. The van der Waals surface area contributed by atoms with Crippen LogP contribution in [0.25, 0.3) is 22.2 Å². The van der Waals surface area contributed by atoms with Gasteiger partial charge >= 0.3 is 0 Å². The molecule has 0 spiro atoms. The lowest BCUT2D eigenvalue weighted by Crippen LogP contribution is -2.53. The van der Waals surface area contributed by atoms with Crippen LogP contribution >= 0.6 is 0 Å². The first-order chi connectivity index (χ1) is 19.2. The Bertz CT molecular complexity index is 1790. The number of aromatic nitrogens is 2. The molecular formula is C28H31N4O7S2-. The standard InChI is InChI=1S/C28H32N4O7S2/c1-19-5-9-23(10-6-19)41(38,39)32-21(18-33)17-25-24(13-14-29-26(25)32)20-7-11-22(12-8-20)40(36,37)30-15-16-31(27(34)35)28(2,3)4/h5-14,17,30,33H,15-16,18H2,1-4H3,(H,34,35)/p-1. The SMILES string of the molecule is Cc1ccc(S(=O)(=O)n2c(CO)cc3c(-c4ccc(S(=O)(=O)NCCN(C(=O)[O-])C(C)(C)C)cc4)ccnc32)cc1. The van der Waals surface area contributed by atoms with E-state index in [0.29, 0.717) is 16.5 Å². The van der Waals surface area contributed by atoms with Crippen LogP contribution in [0.1, 0.15) is 32.0 Å². The van der Waals surface area contributed by atoms with Crippen molar-refractivity contribution in [3.63, 3.8) is 0 Å². The number of nitrogens with zero attached hydrogens (tertiary/aromatic N) is 3. The number of sulfonamides is 1. The number of pyridine rings is 1. The van der Waals surface area contributed by atoms with E-state index < -0.39 is 38.3 Å². The zero-order valence-electron chi connectivity index (χ0n) is 23.0. The number of fused-ring (bicyclic) bond motifs is 1. The highest BCUT2D eigenvalue weighted by molar-refractivity contribution is 7.90. The van der Waals surface area contributed by atoms with Crippen LogP contribution in [-0.2, 0) is 26.7 Å². The molecule has 2 aromatic carbocycles. The maximum Gasteiger partial charge on any atom is 0.269 e. The molecule has 0 fully saturated rings. The lowest BCUT2D eigenvalue weighted by atomic mass is 10.0. The number of benzene rings is 2. The lowest BCUT2D eigenvalue weighted by molar-refractivity contribution is -0.270. The van der Waals surface area contributed by atoms with E-state index >= 15 is 0 Å². The number of aliphatic hydroxyl groups is 1. The summed E-state index contributed by atoms with van der Waals surface area (Å²) in [5, 5.41) is 21.9. The molecule has 0 saturated heterocycles. The predicted octanol–water partition coefficient (Wildman–Crippen LogP) is 2.46. The zero-order valence-corrected chi connectivity index (χ0v) is 24.7. The van der Waals surface area contributed by atoms with Gasteiger partial charge < -0.3 is 19.9 Å². The first-order valence-corrected chi connectivity index (χ1v) is 15.6. The fraction of sp³-hybridized carbons (Fsp3) is 0.286. The topological polar surface area (TPSA) is 162 Å². The number of nitrogens with one attached hydrogen (secondary N) is 1. The van der Waals surface area contributed by atoms with Gasteiger partial charge in [-0.15, -0.1) is 0 Å². The van der Waals surface area contributed by atoms with Crippen molar-refractivity contribution in [2.24, 2.45) is 0 Å². The van der Waals surface area contributed by atoms with Crippen LogP contribution in [-0.4, -0.2) is 60.5 Å². The Kier molecular flexibility index (Phi) is 8.28. The molecule has 4 aromatic rings. The minimum Gasteiger partial charge on any atom is -0.530 e. The van der Waals surface area contributed by atoms with Crippen molar-refractivity contribution in [1.29, 1.82) is 0 Å². The second-order valence-corrected chi connectivity index (χ2v) is 14.0. The van der Waals surface area contributed by atoms with E-state index in [4.69, 9.17) is 0 Å². The lowest BCUT2D eigenvalue weighted by Gasteiger charge is -2.37. The fourth-order valence-electron chi connectivity index (χ4n) is 4.46. The molecule has 0 atom stereocenters. The van der Waals surface area contributed by atoms with Gasteiger partial charge in [-0.25, -0.2) is 30.5 Å². The van der Waals surface area contributed by atoms with Gasteiger partial charge in [-0.05, 0) is 75.2 Å². The number of carbonyl (C=O) groups excluding carboxylic acids is 1. The van der Waals surface area contributed by atoms with E-state index in [1.54, 1.807) is 57.2 Å². The predicted molar refractivity (Wildman–Crippen MR) is 152 cm³/mol. The van der Waals surface area contributed by atoms with Crippen molar-refractivity contribution < 1.29 is 31.8 Å². The Morgan fingerprint density at radius 2 is 1.61 bits per heavy atom. The van der Waals surface area contributed by atoms with Gasteiger partial charge in [-0.3, -0.25) is 0 Å². The summed E-state index contributed by atoms with van der Waals surface area (Å²) in [4.78, 5) is 16.8. The maximum atomic E-state index is 13.5. The van der Waals surface area contributed by atoms with Crippen LogP contribution in [0.3, 0.4) is 0 Å². The second kappa shape index (κ2) is 11.2. The fourth-order valence-corrected chi connectivity index (χ4v) is 6.97. The summed E-state index contributed by atoms with van der Waals surface area (Å²) in [7, 11) is -8.02. The van der Waals surface area contributed by atoms with Crippen LogP contribution in [0.2, 0.25) is 0 Å². The smallest absolute Gasteiger partial charge is 0.269 e. The van der Waals surface area contributed by atoms with Gasteiger partial charge in [0.1, 0.15) is 6.09 Å². The van der Waals surface area contributed by atoms with Crippen LogP contribution in [0.4, 0.5) is 4.79 Å². The Morgan fingerprint density at radius 1 is 1.00 bits per heavy atom. The number of amides is 1. The molecule has 0 aliphatic rings. The van der Waals surface area contributed by atoms with Gasteiger partial charge in [0, 0.05) is 30.2 Å². The minimum atomic E-state index is -4.07. The molecule has 2 aromatic heterocycles. The average molecular weight is 600 g/mol. The molecule has 1 amide bonds. The maximum absolute atomic E-state index is 13.5. The third-order valence-corrected chi connectivity index (χ3v) is 9.82. The van der Waals surface area contributed by atoms with Crippen molar-refractivity contribution in [1.82, 2.24) is 18.6 Å². The molecule has 218 valence electrons. The largest absolute Gasteiger partial charge is 0.530 e. The van der Waals surface area contributed by atoms with Crippen molar-refractivity contribution in [3.05, 3.63) is 78.1 Å². The molecule has 0 saturated carbocycles. The van der Waals surface area contributed by atoms with E-state index in [-0.39, 0.29) is 34.2 Å². The molecule has 13 heteroatoms. The first-order valence-electron chi connectivity index (χ1n) is 12.7. The van der Waals surface area contributed by atoms with E-state index in [2.05, 4.69) is 9.71 Å². The first kappa shape index (κ1) is 30.2. The third-order valence-electron chi connectivity index (χ3n) is 6.59. The molecule has 2 heterocycles. The molecule has 0 radical (unpaired) electrons. The molecule has 0 aliphatic heterocycles. The van der Waals surface area contributed by atoms with Crippen LogP contribution in [0.5, 0.6) is 0 Å². The molecule has 0 aliphatic carbocycles. The number of aryl methyl sites for hydroxylation is 1. The van der Waals surface area contributed by atoms with E-state index in [9.17, 15) is 31.8 Å². The van der Waals surface area contributed by atoms with Gasteiger partial charge in [0.05, 0.1) is 22.1 Å². The summed E-state index contributed by atoms with van der Waals surface area (Å²) in [5.41, 5.74) is 1.59. The molecule has 41 heavy (non-hydrogen) atoms. The number of rotatable bonds is 9. The zero-order chi connectivity index (χ0) is 30.2. The summed E-state index contributed by atoms with van der Waals surface area (Å²) in [5.74, 6) is 0. The van der Waals surface area contributed by atoms with Crippen molar-refractivity contribution in [3.8, 4) is 11.1 Å². The monoisotopic (exact) mass is 599 g/mol. The molecule has 0 unspecified atom stereocenters. The number of hydrogen-bond donors (Lipinski definition) is 2. The highest BCUT2D eigenvalue weighted by atomic mass is 32.2. The highest BCUT2D eigenvalue weighted by Crippen LogP contribution is 2.33. The van der Waals surface area contributed by atoms with Crippen LogP contribution < -0.4 is 9.83 Å². The van der Waals surface area contributed by atoms with E-state index in [1.165, 1.54) is 30.5 Å². The normalized spacial score (nSPS) is 12.5. The van der Waals surface area contributed by atoms with Crippen molar-refractivity contribution in [2.75, 3.05) is 13.1 Å². The quantitative estimate of drug-likeness (QED) is 0.297. The molecule has 11 nitrogen and oxygen atoms in total. The Morgan fingerprint density at radius 3 is 2.17 bits per heavy atom. The second-order valence-electron chi connectivity index (χ2n) is 10.5. The average Bonchev–Trinajstić information content (AvgIpc) is 3.30. The third kappa shape index (κ3) is 6.12. The van der Waals surface area contributed by atoms with Gasteiger partial charge in [0.2, 0.25) is 10.0 Å². The van der Waals surface area contributed by atoms with E-state index in [0.717, 1.165) is 14.4 Å². The summed E-state index contributed by atoms with van der Waals surface area (Å²) >= 11 is 0. The highest BCUT2D eigenvalue weighted by Gasteiger charge is 2.25. The number of carbonyl (C=O) groups is 1. The molecular weight excluding hydrogens is 568 g/mol. The number of carboxylic acid groups (broad SMARTS) is 1. The number of aliphatic hydroxyl groups excluding tert-OH is 1. The Balaban J connectivity index is 1.65. The molecule has 2 N–H and O–H groups in total. The van der Waals surface area contributed by atoms with Gasteiger partial charge in [0.15, 0.2) is 5.65 Å². The van der Waals surface area contributed by atoms with E-state index in [1.807, 2.05) is 6.92 Å². The van der Waals surface area contributed by atoms with Gasteiger partial charge in [-0.2, -0.15) is 0 Å². The Hall–Kier alpha value is -3.78. The molecule has 0 bridgehead atoms. The molecule has 4 rings (SSSR count). The minimum absolute atomic E-state index is 0.0297. The van der Waals surface area contributed by atoms with Gasteiger partial charge in [-0.1, -0.05) is 29.8 Å².